The number of pyridine rings is 1. The third kappa shape index (κ3) is 8.62. The molecule has 0 aliphatic rings. The van der Waals surface area contributed by atoms with Crippen molar-refractivity contribution in [2.75, 3.05) is 16.9 Å². The van der Waals surface area contributed by atoms with E-state index >= 15 is 0 Å². The van der Waals surface area contributed by atoms with Crippen LogP contribution >= 0.6 is 0 Å². The molecule has 0 radical (unpaired) electrons. The van der Waals surface area contributed by atoms with Gasteiger partial charge in [-0.3, -0.25) is 24.6 Å². The van der Waals surface area contributed by atoms with Gasteiger partial charge in [-0.25, -0.2) is 9.00 Å². The second-order valence-electron chi connectivity index (χ2n) is 10.9. The number of nitrogens with one attached hydrogen (secondary N) is 2. The number of hydrogen-bond donors (Lipinski definition) is 2. The van der Waals surface area contributed by atoms with E-state index in [2.05, 4.69) is 36.9 Å². The first-order chi connectivity index (χ1) is 20.7. The van der Waals surface area contributed by atoms with E-state index in [1.54, 1.807) is 82.0 Å². The van der Waals surface area contributed by atoms with Gasteiger partial charge in [0.1, 0.15) is 5.60 Å². The minimum absolute atomic E-state index is 0.127. The summed E-state index contributed by atoms with van der Waals surface area (Å²) < 4.78 is 24.1. The molecule has 0 saturated heterocycles. The Morgan fingerprint density at radius 1 is 0.955 bits per heavy atom. The Bertz CT molecular complexity index is 1920. The summed E-state index contributed by atoms with van der Waals surface area (Å²) in [7, 11) is -1.36. The standard InChI is InChI=1S/C32H32N6O5S/c1-21-28(20-38(5)36-21)30(40)34-26-9-7-8-22(17-26)10-11-23-16-24(19-33-18-23)29(39)37-44(6,42)27-14-12-25(13-15-27)35-31(41)43-32(2,3)4/h7-9,12-20H,1-6H3,(H,34,40)(H,35,41). The molecule has 0 saturated carbocycles. The first-order valence-corrected chi connectivity index (χ1v) is 15.4. The Kier molecular flexibility index (Phi) is 9.30. The van der Waals surface area contributed by atoms with Crippen LogP contribution in [0.25, 0.3) is 0 Å². The molecule has 2 heterocycles. The lowest BCUT2D eigenvalue weighted by Crippen LogP contribution is -2.27. The number of nitrogens with zero attached hydrogens (tertiary/aromatic N) is 4. The normalized spacial score (nSPS) is 12.2. The summed E-state index contributed by atoms with van der Waals surface area (Å²) in [6, 6.07) is 14.7. The number of benzene rings is 2. The van der Waals surface area contributed by atoms with E-state index in [9.17, 15) is 18.6 Å². The fourth-order valence-corrected chi connectivity index (χ4v) is 5.11. The highest BCUT2D eigenvalue weighted by Gasteiger charge is 2.17. The molecule has 4 rings (SSSR count). The predicted molar refractivity (Wildman–Crippen MR) is 168 cm³/mol. The minimum atomic E-state index is -3.11. The number of aromatic nitrogens is 3. The molecule has 1 unspecified atom stereocenters. The van der Waals surface area contributed by atoms with Crippen LogP contribution in [0, 0.1) is 18.8 Å². The summed E-state index contributed by atoms with van der Waals surface area (Å²) in [6.07, 6.45) is 5.23. The summed E-state index contributed by atoms with van der Waals surface area (Å²) in [4.78, 5) is 42.0. The Hall–Kier alpha value is -5.28. The van der Waals surface area contributed by atoms with Gasteiger partial charge in [0, 0.05) is 59.3 Å². The molecule has 11 nitrogen and oxygen atoms in total. The minimum Gasteiger partial charge on any atom is -0.444 e. The van der Waals surface area contributed by atoms with Crippen molar-refractivity contribution in [3.05, 3.63) is 101 Å². The molecule has 1 atom stereocenters. The van der Waals surface area contributed by atoms with E-state index in [4.69, 9.17) is 4.74 Å². The number of amides is 3. The van der Waals surface area contributed by atoms with Crippen molar-refractivity contribution in [1.29, 1.82) is 0 Å². The largest absolute Gasteiger partial charge is 0.444 e. The first kappa shape index (κ1) is 31.7. The van der Waals surface area contributed by atoms with E-state index in [1.165, 1.54) is 36.8 Å². The quantitative estimate of drug-likeness (QED) is 0.286. The molecule has 2 aromatic carbocycles. The van der Waals surface area contributed by atoms with Crippen LogP contribution in [-0.4, -0.2) is 48.7 Å². The summed E-state index contributed by atoms with van der Waals surface area (Å²) in [6.45, 7) is 7.03. The monoisotopic (exact) mass is 612 g/mol. The van der Waals surface area contributed by atoms with Gasteiger partial charge in [-0.1, -0.05) is 17.9 Å². The van der Waals surface area contributed by atoms with Crippen LogP contribution in [0.4, 0.5) is 16.2 Å². The smallest absolute Gasteiger partial charge is 0.412 e. The van der Waals surface area contributed by atoms with Crippen LogP contribution in [0.2, 0.25) is 0 Å². The van der Waals surface area contributed by atoms with Gasteiger partial charge in [-0.2, -0.15) is 9.46 Å². The lowest BCUT2D eigenvalue weighted by atomic mass is 10.1. The number of hydrogen-bond acceptors (Lipinski definition) is 7. The second-order valence-corrected chi connectivity index (χ2v) is 13.2. The van der Waals surface area contributed by atoms with E-state index in [1.807, 2.05) is 0 Å². The van der Waals surface area contributed by atoms with Crippen LogP contribution in [-0.2, 0) is 21.5 Å². The zero-order valence-corrected chi connectivity index (χ0v) is 26.0. The lowest BCUT2D eigenvalue weighted by Gasteiger charge is -2.19. The van der Waals surface area contributed by atoms with Crippen molar-refractivity contribution in [2.24, 2.45) is 11.4 Å². The third-order valence-corrected chi connectivity index (χ3v) is 7.57. The second kappa shape index (κ2) is 12.9. The Morgan fingerprint density at radius 3 is 2.32 bits per heavy atom. The van der Waals surface area contributed by atoms with Gasteiger partial charge in [-0.15, -0.1) is 0 Å². The van der Waals surface area contributed by atoms with E-state index < -0.39 is 27.3 Å². The maximum absolute atomic E-state index is 13.3. The van der Waals surface area contributed by atoms with Gasteiger partial charge in [0.15, 0.2) is 0 Å². The molecular formula is C32H32N6O5S. The molecule has 3 amide bonds. The van der Waals surface area contributed by atoms with Crippen molar-refractivity contribution in [3.8, 4) is 11.8 Å². The Labute approximate surface area is 256 Å². The molecule has 12 heteroatoms. The maximum Gasteiger partial charge on any atom is 0.412 e. The number of carbonyl (C=O) groups is 3. The summed E-state index contributed by atoms with van der Waals surface area (Å²) in [5, 5.41) is 9.64. The topological polar surface area (TPSA) is 145 Å². The summed E-state index contributed by atoms with van der Waals surface area (Å²) in [5.41, 5.74) is 2.67. The number of aryl methyl sites for hydroxylation is 2. The molecule has 0 spiro atoms. The molecule has 2 N–H and O–H groups in total. The maximum atomic E-state index is 13.3. The molecule has 0 fully saturated rings. The fourth-order valence-electron chi connectivity index (χ4n) is 3.94. The fraction of sp³-hybridized carbons (Fsp3) is 0.219. The zero-order valence-electron chi connectivity index (χ0n) is 25.2. The molecule has 0 aliphatic heterocycles. The molecule has 44 heavy (non-hydrogen) atoms. The van der Waals surface area contributed by atoms with Gasteiger partial charge in [0.05, 0.1) is 26.5 Å². The molecule has 0 bridgehead atoms. The van der Waals surface area contributed by atoms with E-state index in [0.29, 0.717) is 38.7 Å². The molecule has 226 valence electrons. The van der Waals surface area contributed by atoms with Crippen molar-refractivity contribution >= 4 is 39.0 Å². The predicted octanol–water partition coefficient (Wildman–Crippen LogP) is 5.42. The lowest BCUT2D eigenvalue weighted by molar-refractivity contribution is 0.0635. The number of ether oxygens (including phenoxy) is 1. The van der Waals surface area contributed by atoms with Crippen LogP contribution in [0.5, 0.6) is 0 Å². The van der Waals surface area contributed by atoms with E-state index in [-0.39, 0.29) is 11.5 Å². The van der Waals surface area contributed by atoms with Crippen molar-refractivity contribution < 1.29 is 23.3 Å². The third-order valence-electron chi connectivity index (χ3n) is 5.91. The Balaban J connectivity index is 1.46. The molecular weight excluding hydrogens is 580 g/mol. The highest BCUT2D eigenvalue weighted by molar-refractivity contribution is 7.93. The van der Waals surface area contributed by atoms with Gasteiger partial charge in [-0.05, 0) is 76.2 Å². The van der Waals surface area contributed by atoms with Crippen LogP contribution < -0.4 is 10.6 Å². The summed E-state index contributed by atoms with van der Waals surface area (Å²) >= 11 is 0. The van der Waals surface area contributed by atoms with Crippen molar-refractivity contribution in [1.82, 2.24) is 14.8 Å². The highest BCUT2D eigenvalue weighted by atomic mass is 32.2. The van der Waals surface area contributed by atoms with Crippen molar-refractivity contribution in [2.45, 2.75) is 38.2 Å². The molecule has 2 aromatic heterocycles. The van der Waals surface area contributed by atoms with Gasteiger partial charge < -0.3 is 10.1 Å². The molecule has 4 aromatic rings. The molecule has 0 aliphatic carbocycles. The number of carbonyl (C=O) groups excluding carboxylic acids is 3. The number of anilines is 2. The van der Waals surface area contributed by atoms with Crippen LogP contribution in [0.1, 0.15) is 58.3 Å². The Morgan fingerprint density at radius 2 is 1.66 bits per heavy atom. The van der Waals surface area contributed by atoms with Crippen molar-refractivity contribution in [3.63, 3.8) is 0 Å². The van der Waals surface area contributed by atoms with Gasteiger partial charge >= 0.3 is 6.09 Å². The average Bonchev–Trinajstić information content (AvgIpc) is 3.29. The summed E-state index contributed by atoms with van der Waals surface area (Å²) in [5.74, 6) is 4.98. The van der Waals surface area contributed by atoms with E-state index in [0.717, 1.165) is 0 Å². The van der Waals surface area contributed by atoms with Gasteiger partial charge in [0.25, 0.3) is 11.8 Å². The zero-order chi connectivity index (χ0) is 32.1. The van der Waals surface area contributed by atoms with Crippen LogP contribution in [0.15, 0.2) is 82.4 Å². The highest BCUT2D eigenvalue weighted by Crippen LogP contribution is 2.19. The first-order valence-electron chi connectivity index (χ1n) is 13.4. The van der Waals surface area contributed by atoms with Crippen LogP contribution in [0.3, 0.4) is 0 Å². The SMILES string of the molecule is Cc1nn(C)cc1C(=O)Nc1cccc(C#Cc2cncc(C(=O)N=S(C)(=O)c3ccc(NC(=O)OC(C)(C)C)cc3)c2)c1. The van der Waals surface area contributed by atoms with Gasteiger partial charge in [0.2, 0.25) is 0 Å². The number of rotatable bonds is 5. The average molecular weight is 613 g/mol.